The molecule has 2 aliphatic heterocycles. The normalized spacial score (nSPS) is 24.5. The first kappa shape index (κ1) is 32.0. The number of carboxylic acid groups (broad SMARTS) is 1. The van der Waals surface area contributed by atoms with Crippen molar-refractivity contribution in [1.82, 2.24) is 20.0 Å². The van der Waals surface area contributed by atoms with Crippen LogP contribution in [-0.4, -0.2) is 71.2 Å². The molecule has 1 saturated heterocycles. The summed E-state index contributed by atoms with van der Waals surface area (Å²) in [5.41, 5.74) is -3.75. The summed E-state index contributed by atoms with van der Waals surface area (Å²) in [6.07, 6.45) is -0.879. The Bertz CT molecular complexity index is 1560. The number of pyridine rings is 2. The number of amides is 2. The third-order valence-electron chi connectivity index (χ3n) is 7.34. The third kappa shape index (κ3) is 6.11. The Balaban J connectivity index is 1.80. The van der Waals surface area contributed by atoms with Gasteiger partial charge in [-0.3, -0.25) is 29.0 Å². The molecule has 2 aromatic rings. The number of carboxylic acids is 1. The number of fused-ring (bicyclic) bond motifs is 1. The van der Waals surface area contributed by atoms with Gasteiger partial charge in [-0.25, -0.2) is 27.7 Å². The van der Waals surface area contributed by atoms with E-state index in [2.05, 4.69) is 30.3 Å². The van der Waals surface area contributed by atoms with Crippen molar-refractivity contribution < 1.29 is 41.6 Å². The van der Waals surface area contributed by atoms with Crippen LogP contribution in [0.3, 0.4) is 0 Å². The summed E-state index contributed by atoms with van der Waals surface area (Å²) in [6.45, 7) is 8.24. The summed E-state index contributed by atoms with van der Waals surface area (Å²) >= 11 is 0. The second kappa shape index (κ2) is 10.7. The second-order valence-corrected chi connectivity index (χ2v) is 15.5. The number of carbonyl (C=O) groups is 3. The van der Waals surface area contributed by atoms with Crippen molar-refractivity contribution in [3.63, 3.8) is 0 Å². The number of aromatic carboxylic acids is 1. The summed E-state index contributed by atoms with van der Waals surface area (Å²) in [6, 6.07) is 4.40. The molecular weight excluding hydrogens is 593 g/mol. The summed E-state index contributed by atoms with van der Waals surface area (Å²) in [5.74, 6) is -6.75. The van der Waals surface area contributed by atoms with Crippen LogP contribution in [0.2, 0.25) is 0 Å². The molecule has 43 heavy (non-hydrogen) atoms. The number of hydrogen-bond donors (Lipinski definition) is 5. The van der Waals surface area contributed by atoms with Crippen LogP contribution in [0.5, 0.6) is 0 Å². The molecule has 4 N–H and O–H groups in total. The van der Waals surface area contributed by atoms with Gasteiger partial charge >= 0.3 is 12.1 Å². The van der Waals surface area contributed by atoms with Crippen LogP contribution < -0.4 is 15.4 Å². The third-order valence-corrected chi connectivity index (χ3v) is 11.4. The molecule has 0 saturated carbocycles. The number of ether oxygens (including phenoxy) is 1. The predicted octanol–water partition coefficient (Wildman–Crippen LogP) is 3.43. The number of thiol groups is 1. The molecule has 4 heterocycles. The fraction of sp³-hybridized carbons (Fsp3) is 0.481. The lowest BCUT2D eigenvalue weighted by Gasteiger charge is -2.57. The highest BCUT2D eigenvalue weighted by Gasteiger charge is 2.62. The van der Waals surface area contributed by atoms with Crippen LogP contribution in [0.4, 0.5) is 23.8 Å². The highest BCUT2D eigenvalue weighted by molar-refractivity contribution is 8.04. The van der Waals surface area contributed by atoms with Crippen molar-refractivity contribution in [2.75, 3.05) is 11.9 Å². The van der Waals surface area contributed by atoms with Gasteiger partial charge in [-0.1, -0.05) is 0 Å². The van der Waals surface area contributed by atoms with E-state index < -0.39 is 79.6 Å². The molecule has 0 bridgehead atoms. The Morgan fingerprint density at radius 3 is 2.37 bits per heavy atom. The number of aromatic nitrogens is 2. The summed E-state index contributed by atoms with van der Waals surface area (Å²) in [7, 11) is -3.96. The quantitative estimate of drug-likeness (QED) is 0.321. The van der Waals surface area contributed by atoms with Crippen LogP contribution in [0, 0.1) is 5.82 Å². The van der Waals surface area contributed by atoms with Crippen LogP contribution in [0.15, 0.2) is 35.5 Å². The number of aliphatic imine (C=N–C) groups is 1. The van der Waals surface area contributed by atoms with Crippen LogP contribution in [-0.2, 0) is 20.4 Å². The van der Waals surface area contributed by atoms with E-state index in [-0.39, 0.29) is 22.9 Å². The lowest BCUT2D eigenvalue weighted by Crippen LogP contribution is -2.73. The van der Waals surface area contributed by atoms with Gasteiger partial charge in [0, 0.05) is 12.6 Å². The van der Waals surface area contributed by atoms with Crippen LogP contribution in [0.25, 0.3) is 0 Å². The summed E-state index contributed by atoms with van der Waals surface area (Å²) in [4.78, 5) is 49.1. The average molecular weight is 627 g/mol. The van der Waals surface area contributed by atoms with Crippen LogP contribution in [0.1, 0.15) is 74.5 Å². The topological polar surface area (TPSA) is 172 Å². The van der Waals surface area contributed by atoms with Crippen molar-refractivity contribution in [2.45, 2.75) is 75.0 Å². The first-order chi connectivity index (χ1) is 19.7. The van der Waals surface area contributed by atoms with E-state index in [0.29, 0.717) is 0 Å². The van der Waals surface area contributed by atoms with Gasteiger partial charge < -0.3 is 15.2 Å². The standard InChI is InChI=1S/C27H33F3N6O6S/c1-24(2,3)42-23(40)35-22-25(4,5)43(41)17(11-27(29,30)13-32-43)26(6,36-22)19-15(28)8-10-18(33-19)34-20(37)16-9-7-14(12-31-16)21(38)39/h7-10,12,17,43H,11,13H2,1-6H3,(H,32,41)(H,38,39)(H,33,34,37)(H,35,36,40)/t17-,26+/m1/s1. The van der Waals surface area contributed by atoms with E-state index in [1.54, 1.807) is 20.8 Å². The number of carbonyl (C=O) groups excluding carboxylic acids is 2. The minimum atomic E-state index is -3.96. The minimum absolute atomic E-state index is 0.150. The molecule has 0 radical (unpaired) electrons. The first-order valence-corrected chi connectivity index (χ1v) is 15.0. The highest BCUT2D eigenvalue weighted by atomic mass is 32.3. The zero-order valence-corrected chi connectivity index (χ0v) is 25.2. The Hall–Kier alpha value is -3.92. The molecule has 2 amide bonds. The molecule has 4 rings (SSSR count). The fourth-order valence-electron chi connectivity index (χ4n) is 5.06. The molecule has 234 valence electrons. The lowest BCUT2D eigenvalue weighted by molar-refractivity contribution is -0.0140. The Morgan fingerprint density at radius 2 is 1.79 bits per heavy atom. The number of nitrogens with zero attached hydrogens (tertiary/aromatic N) is 3. The molecule has 2 aliphatic rings. The molecule has 2 aromatic heterocycles. The number of amidine groups is 1. The molecule has 0 unspecified atom stereocenters. The predicted molar refractivity (Wildman–Crippen MR) is 152 cm³/mol. The van der Waals surface area contributed by atoms with Crippen molar-refractivity contribution >= 4 is 39.7 Å². The van der Waals surface area contributed by atoms with Gasteiger partial charge in [0.1, 0.15) is 40.0 Å². The molecule has 12 nitrogen and oxygen atoms in total. The second-order valence-electron chi connectivity index (χ2n) is 12.1. The van der Waals surface area contributed by atoms with E-state index in [9.17, 15) is 27.4 Å². The lowest BCUT2D eigenvalue weighted by atomic mass is 9.88. The number of halogens is 3. The van der Waals surface area contributed by atoms with E-state index in [4.69, 9.17) is 9.84 Å². The van der Waals surface area contributed by atoms with Gasteiger partial charge in [-0.05, 0) is 75.9 Å². The smallest absolute Gasteiger partial charge is 0.413 e. The number of rotatable bonds is 4. The molecule has 0 aromatic carbocycles. The zero-order chi connectivity index (χ0) is 32.2. The number of hydrogen-bond acceptors (Lipinski definition) is 8. The van der Waals surface area contributed by atoms with Crippen molar-refractivity contribution in [2.24, 2.45) is 4.99 Å². The molecular formula is C27H33F3N6O6S. The van der Waals surface area contributed by atoms with Gasteiger partial charge in [0.25, 0.3) is 11.8 Å². The average Bonchev–Trinajstić information content (AvgIpc) is 2.89. The van der Waals surface area contributed by atoms with Gasteiger partial charge in [0.2, 0.25) is 0 Å². The van der Waals surface area contributed by atoms with Gasteiger partial charge in [-0.15, -0.1) is 0 Å². The monoisotopic (exact) mass is 626 g/mol. The molecule has 16 heteroatoms. The maximum atomic E-state index is 15.5. The highest BCUT2D eigenvalue weighted by Crippen LogP contribution is 2.51. The Morgan fingerprint density at radius 1 is 1.12 bits per heavy atom. The number of alkyl halides is 2. The van der Waals surface area contributed by atoms with Crippen molar-refractivity contribution in [1.29, 1.82) is 0 Å². The van der Waals surface area contributed by atoms with Crippen molar-refractivity contribution in [3.8, 4) is 0 Å². The molecule has 0 aliphatic carbocycles. The maximum Gasteiger partial charge on any atom is 0.413 e. The summed E-state index contributed by atoms with van der Waals surface area (Å²) < 4.78 is 66.2. The Kier molecular flexibility index (Phi) is 7.93. The van der Waals surface area contributed by atoms with Crippen molar-refractivity contribution in [3.05, 3.63) is 53.2 Å². The zero-order valence-electron chi connectivity index (χ0n) is 24.3. The van der Waals surface area contributed by atoms with E-state index in [1.165, 1.54) is 32.9 Å². The summed E-state index contributed by atoms with van der Waals surface area (Å²) in [5, 5.41) is 12.5. The molecule has 2 atom stereocenters. The minimum Gasteiger partial charge on any atom is -0.478 e. The Labute approximate surface area is 246 Å². The number of anilines is 1. The van der Waals surface area contributed by atoms with E-state index >= 15 is 4.39 Å². The largest absolute Gasteiger partial charge is 0.478 e. The fourth-order valence-corrected chi connectivity index (χ4v) is 8.76. The SMILES string of the molecule is CC(C)(C)OC(=O)NC1=N[C@](C)(c2nc(NC(=O)c3ccc(C(=O)O)cn3)ccc2F)[C@H]2CC(F)(F)CN[SH]2(=O)C1(C)C. The maximum absolute atomic E-state index is 15.5. The van der Waals surface area contributed by atoms with E-state index in [1.807, 2.05) is 0 Å². The first-order valence-electron chi connectivity index (χ1n) is 13.2. The van der Waals surface area contributed by atoms with Gasteiger partial charge in [-0.2, -0.15) is 0 Å². The van der Waals surface area contributed by atoms with E-state index in [0.717, 1.165) is 18.3 Å². The van der Waals surface area contributed by atoms with Crippen LogP contribution >= 0.6 is 0 Å². The van der Waals surface area contributed by atoms with Gasteiger partial charge in [0.05, 0.1) is 22.1 Å². The number of alkyl carbamates (subject to hydrolysis) is 1. The molecule has 0 spiro atoms. The molecule has 1 fully saturated rings. The number of nitrogens with one attached hydrogen (secondary N) is 3. The van der Waals surface area contributed by atoms with Gasteiger partial charge in [0.15, 0.2) is 0 Å².